The molecule has 140 valence electrons. The molecule has 0 unspecified atom stereocenters. The van der Waals surface area contributed by atoms with Crippen LogP contribution in [0.25, 0.3) is 33.5 Å². The first-order valence-corrected chi connectivity index (χ1v) is 9.04. The van der Waals surface area contributed by atoms with E-state index < -0.39 is 0 Å². The molecule has 0 atom stereocenters. The highest BCUT2D eigenvalue weighted by Crippen LogP contribution is 2.38. The number of aromatic amines is 1. The first-order chi connectivity index (χ1) is 14.2. The molecule has 0 saturated carbocycles. The summed E-state index contributed by atoms with van der Waals surface area (Å²) in [6, 6.07) is 22.4. The molecule has 2 aromatic heterocycles. The Kier molecular flexibility index (Phi) is 4.91. The van der Waals surface area contributed by atoms with Crippen molar-refractivity contribution in [2.24, 2.45) is 0 Å². The van der Waals surface area contributed by atoms with Gasteiger partial charge in [-0.25, -0.2) is 0 Å². The molecule has 5 nitrogen and oxygen atoms in total. The molecule has 1 N–H and O–H groups in total. The topological polar surface area (TPSA) is 78.8 Å². The second-order valence-corrected chi connectivity index (χ2v) is 6.39. The number of hydrogen-bond acceptors (Lipinski definition) is 4. The lowest BCUT2D eigenvalue weighted by Gasteiger charge is -2.16. The molecule has 0 amide bonds. The van der Waals surface area contributed by atoms with Crippen LogP contribution in [0, 0.1) is 11.3 Å². The molecule has 4 aromatic rings. The van der Waals surface area contributed by atoms with Gasteiger partial charge in [-0.2, -0.15) is 5.26 Å². The van der Waals surface area contributed by atoms with Gasteiger partial charge < -0.3 is 9.72 Å². The molecule has 5 heteroatoms. The van der Waals surface area contributed by atoms with Crippen molar-refractivity contribution in [3.63, 3.8) is 0 Å². The van der Waals surface area contributed by atoms with Crippen LogP contribution in [0.2, 0.25) is 0 Å². The first-order valence-electron chi connectivity index (χ1n) is 9.04. The predicted octanol–water partition coefficient (Wildman–Crippen LogP) is 4.65. The number of nitrogens with zero attached hydrogens (tertiary/aromatic N) is 2. The molecule has 29 heavy (non-hydrogen) atoms. The van der Waals surface area contributed by atoms with E-state index in [1.165, 1.54) is 0 Å². The summed E-state index contributed by atoms with van der Waals surface area (Å²) in [5, 5.41) is 9.61. The predicted molar refractivity (Wildman–Crippen MR) is 112 cm³/mol. The molecular formula is C24H17N3O2. The number of ether oxygens (including phenoxy) is 1. The van der Waals surface area contributed by atoms with E-state index in [9.17, 15) is 10.1 Å². The standard InChI is InChI=1S/C24H17N3O2/c1-29-18-9-6-8-16(13-18)22-20(21-11-4-5-12-26-21)15-27-24(28)23(22)19-10-3-2-7-17(19)14-25/h2-13,15H,1H3,(H,27,28). The summed E-state index contributed by atoms with van der Waals surface area (Å²) < 4.78 is 5.39. The fourth-order valence-corrected chi connectivity index (χ4v) is 3.39. The molecule has 2 aromatic carbocycles. The number of methoxy groups -OCH3 is 1. The van der Waals surface area contributed by atoms with Crippen molar-refractivity contribution < 1.29 is 4.74 Å². The van der Waals surface area contributed by atoms with Gasteiger partial charge in [-0.15, -0.1) is 0 Å². The lowest BCUT2D eigenvalue weighted by Crippen LogP contribution is -2.12. The summed E-state index contributed by atoms with van der Waals surface area (Å²) >= 11 is 0. The second kappa shape index (κ2) is 7.83. The highest BCUT2D eigenvalue weighted by Gasteiger charge is 2.20. The van der Waals surface area contributed by atoms with Crippen LogP contribution in [0.15, 0.2) is 83.9 Å². The van der Waals surface area contributed by atoms with Crippen molar-refractivity contribution in [3.8, 4) is 45.3 Å². The highest BCUT2D eigenvalue weighted by atomic mass is 16.5. The van der Waals surface area contributed by atoms with E-state index in [4.69, 9.17) is 4.74 Å². The van der Waals surface area contributed by atoms with Gasteiger partial charge >= 0.3 is 0 Å². The van der Waals surface area contributed by atoms with Crippen LogP contribution in [0.3, 0.4) is 0 Å². The third-order valence-electron chi connectivity index (χ3n) is 4.71. The smallest absolute Gasteiger partial charge is 0.256 e. The Morgan fingerprint density at radius 3 is 2.55 bits per heavy atom. The van der Waals surface area contributed by atoms with Crippen molar-refractivity contribution in [2.75, 3.05) is 7.11 Å². The summed E-state index contributed by atoms with van der Waals surface area (Å²) in [5.41, 5.74) is 4.15. The molecule has 0 aliphatic rings. The van der Waals surface area contributed by atoms with Crippen molar-refractivity contribution in [1.82, 2.24) is 9.97 Å². The average Bonchev–Trinajstić information content (AvgIpc) is 2.79. The molecule has 0 spiro atoms. The van der Waals surface area contributed by atoms with Crippen LogP contribution in [0.5, 0.6) is 5.75 Å². The summed E-state index contributed by atoms with van der Waals surface area (Å²) in [7, 11) is 1.60. The number of H-pyrrole nitrogens is 1. The van der Waals surface area contributed by atoms with Gasteiger partial charge in [0, 0.05) is 29.1 Å². The summed E-state index contributed by atoms with van der Waals surface area (Å²) in [5.74, 6) is 0.675. The van der Waals surface area contributed by atoms with Gasteiger partial charge in [0.25, 0.3) is 5.56 Å². The average molecular weight is 379 g/mol. The monoisotopic (exact) mass is 379 g/mol. The molecule has 0 aliphatic carbocycles. The minimum atomic E-state index is -0.273. The van der Waals surface area contributed by atoms with E-state index in [0.29, 0.717) is 28.0 Å². The Labute approximate surface area is 167 Å². The summed E-state index contributed by atoms with van der Waals surface area (Å²) in [6.07, 6.45) is 3.37. The largest absolute Gasteiger partial charge is 0.497 e. The molecule has 2 heterocycles. The number of hydrogen-bond donors (Lipinski definition) is 1. The van der Waals surface area contributed by atoms with E-state index in [0.717, 1.165) is 16.8 Å². The Balaban J connectivity index is 2.13. The SMILES string of the molecule is COc1cccc(-c2c(-c3ccccn3)c[nH]c(=O)c2-c2ccccc2C#N)c1. The maximum absolute atomic E-state index is 13.0. The van der Waals surface area contributed by atoms with E-state index in [2.05, 4.69) is 16.0 Å². The van der Waals surface area contributed by atoms with E-state index in [-0.39, 0.29) is 5.56 Å². The van der Waals surface area contributed by atoms with Crippen molar-refractivity contribution in [1.29, 1.82) is 5.26 Å². The Hall–Kier alpha value is -4.17. The zero-order chi connectivity index (χ0) is 20.2. The quantitative estimate of drug-likeness (QED) is 0.560. The van der Waals surface area contributed by atoms with Crippen LogP contribution >= 0.6 is 0 Å². The molecule has 0 fully saturated rings. The highest BCUT2D eigenvalue weighted by molar-refractivity contribution is 5.94. The number of nitriles is 1. The normalized spacial score (nSPS) is 10.3. The van der Waals surface area contributed by atoms with Crippen molar-refractivity contribution >= 4 is 0 Å². The Morgan fingerprint density at radius 2 is 1.79 bits per heavy atom. The lowest BCUT2D eigenvalue weighted by molar-refractivity contribution is 0.415. The fourth-order valence-electron chi connectivity index (χ4n) is 3.39. The number of pyridine rings is 2. The molecule has 0 bridgehead atoms. The van der Waals surface area contributed by atoms with E-state index >= 15 is 0 Å². The van der Waals surface area contributed by atoms with Crippen LogP contribution in [-0.4, -0.2) is 17.1 Å². The number of rotatable bonds is 4. The molecular weight excluding hydrogens is 362 g/mol. The van der Waals surface area contributed by atoms with E-state index in [1.807, 2.05) is 48.5 Å². The van der Waals surface area contributed by atoms with Gasteiger partial charge in [-0.05, 0) is 35.9 Å². The van der Waals surface area contributed by atoms with Gasteiger partial charge in [0.2, 0.25) is 0 Å². The number of aromatic nitrogens is 2. The fraction of sp³-hybridized carbons (Fsp3) is 0.0417. The Bertz CT molecular complexity index is 1270. The van der Waals surface area contributed by atoms with Crippen molar-refractivity contribution in [2.45, 2.75) is 0 Å². The van der Waals surface area contributed by atoms with Gasteiger partial charge in [0.05, 0.1) is 30.0 Å². The van der Waals surface area contributed by atoms with Crippen LogP contribution in [-0.2, 0) is 0 Å². The number of nitrogens with one attached hydrogen (secondary N) is 1. The maximum atomic E-state index is 13.0. The lowest BCUT2D eigenvalue weighted by atomic mass is 9.89. The minimum Gasteiger partial charge on any atom is -0.497 e. The molecule has 0 saturated heterocycles. The molecule has 0 radical (unpaired) electrons. The third-order valence-corrected chi connectivity index (χ3v) is 4.71. The van der Waals surface area contributed by atoms with E-state index in [1.54, 1.807) is 37.7 Å². The van der Waals surface area contributed by atoms with Crippen LogP contribution in [0.4, 0.5) is 0 Å². The zero-order valence-corrected chi connectivity index (χ0v) is 15.7. The third kappa shape index (κ3) is 3.40. The second-order valence-electron chi connectivity index (χ2n) is 6.39. The minimum absolute atomic E-state index is 0.273. The summed E-state index contributed by atoms with van der Waals surface area (Å²) in [4.78, 5) is 20.3. The molecule has 4 rings (SSSR count). The zero-order valence-electron chi connectivity index (χ0n) is 15.7. The van der Waals surface area contributed by atoms with Gasteiger partial charge in [0.1, 0.15) is 5.75 Å². The summed E-state index contributed by atoms with van der Waals surface area (Å²) in [6.45, 7) is 0. The van der Waals surface area contributed by atoms with Crippen molar-refractivity contribution in [3.05, 3.63) is 95.0 Å². The van der Waals surface area contributed by atoms with Crippen LogP contribution in [0.1, 0.15) is 5.56 Å². The maximum Gasteiger partial charge on any atom is 0.256 e. The first kappa shape index (κ1) is 18.2. The van der Waals surface area contributed by atoms with Crippen LogP contribution < -0.4 is 10.3 Å². The molecule has 0 aliphatic heterocycles. The number of benzene rings is 2. The van der Waals surface area contributed by atoms with Gasteiger partial charge in [-0.1, -0.05) is 36.4 Å². The van der Waals surface area contributed by atoms with Gasteiger partial charge in [-0.3, -0.25) is 9.78 Å². The Morgan fingerprint density at radius 1 is 0.966 bits per heavy atom. The van der Waals surface area contributed by atoms with Gasteiger partial charge in [0.15, 0.2) is 0 Å².